The summed E-state index contributed by atoms with van der Waals surface area (Å²) in [5, 5.41) is 13.6. The number of aromatic hydroxyl groups is 1. The Morgan fingerprint density at radius 3 is 2.85 bits per heavy atom. The van der Waals surface area contributed by atoms with Crippen LogP contribution in [0.4, 0.5) is 11.5 Å². The quantitative estimate of drug-likeness (QED) is 0.606. The number of ether oxygens (including phenoxy) is 2. The number of phenolic OH excluding ortho intramolecular Hbond substituents is 1. The molecule has 1 aromatic heterocycles. The van der Waals surface area contributed by atoms with Crippen molar-refractivity contribution in [2.24, 2.45) is 5.73 Å². The molecule has 26 heavy (non-hydrogen) atoms. The average molecular weight is 375 g/mol. The van der Waals surface area contributed by atoms with Crippen LogP contribution in [0.2, 0.25) is 5.02 Å². The number of nitrogens with one attached hydrogen (secondary N) is 1. The van der Waals surface area contributed by atoms with Crippen LogP contribution in [0.3, 0.4) is 0 Å². The Labute approximate surface area is 153 Å². The second-order valence-electron chi connectivity index (χ2n) is 5.26. The van der Waals surface area contributed by atoms with Crippen LogP contribution < -0.4 is 20.5 Å². The van der Waals surface area contributed by atoms with E-state index in [0.717, 1.165) is 0 Å². The number of methoxy groups -OCH3 is 1. The maximum Gasteiger partial charge on any atom is 0.255 e. The fraction of sp³-hybridized carbons (Fsp3) is 0.118. The number of anilines is 2. The number of carbonyl (C=O) groups excluding carboxylic acids is 1. The molecule has 0 spiro atoms. The number of carbonyl (C=O) groups is 1. The van der Waals surface area contributed by atoms with E-state index in [1.54, 1.807) is 24.3 Å². The van der Waals surface area contributed by atoms with Crippen molar-refractivity contribution < 1.29 is 19.4 Å². The first-order chi connectivity index (χ1) is 12.5. The molecule has 1 heterocycles. The highest BCUT2D eigenvalue weighted by atomic mass is 35.5. The van der Waals surface area contributed by atoms with Crippen molar-refractivity contribution in [2.75, 3.05) is 19.0 Å². The third-order valence-corrected chi connectivity index (χ3v) is 3.92. The zero-order valence-corrected chi connectivity index (χ0v) is 14.4. The van der Waals surface area contributed by atoms with Crippen LogP contribution in [0.15, 0.2) is 36.7 Å². The molecule has 3 aromatic rings. The summed E-state index contributed by atoms with van der Waals surface area (Å²) in [6.07, 6.45) is 1.37. The molecule has 3 rings (SSSR count). The molecule has 0 radical (unpaired) electrons. The van der Waals surface area contributed by atoms with Gasteiger partial charge in [0, 0.05) is 11.5 Å². The third kappa shape index (κ3) is 3.55. The molecule has 0 saturated carbocycles. The number of primary amides is 1. The smallest absolute Gasteiger partial charge is 0.255 e. The standard InChI is InChI=1S/C17H15ClN4O4/c1-25-13-5-9-11(6-14(13)26-7-15(19)24)20-8-21-17(9)22-10-3-2-4-12(23)16(10)18/h2-6,8,23H,7H2,1H3,(H2,19,24)(H,20,21,22). The Morgan fingerprint density at radius 2 is 2.12 bits per heavy atom. The summed E-state index contributed by atoms with van der Waals surface area (Å²) >= 11 is 6.10. The van der Waals surface area contributed by atoms with Gasteiger partial charge in [0.15, 0.2) is 18.1 Å². The van der Waals surface area contributed by atoms with Gasteiger partial charge in [-0.3, -0.25) is 4.79 Å². The van der Waals surface area contributed by atoms with E-state index in [1.165, 1.54) is 19.5 Å². The van der Waals surface area contributed by atoms with E-state index in [-0.39, 0.29) is 17.4 Å². The second kappa shape index (κ2) is 7.32. The van der Waals surface area contributed by atoms with Gasteiger partial charge < -0.3 is 25.6 Å². The number of hydrogen-bond acceptors (Lipinski definition) is 7. The molecule has 0 bridgehead atoms. The van der Waals surface area contributed by atoms with Crippen molar-refractivity contribution >= 4 is 39.9 Å². The summed E-state index contributed by atoms with van der Waals surface area (Å²) in [6, 6.07) is 8.14. The number of nitrogens with two attached hydrogens (primary N) is 1. The van der Waals surface area contributed by atoms with Gasteiger partial charge in [0.1, 0.15) is 22.9 Å². The van der Waals surface area contributed by atoms with Crippen molar-refractivity contribution in [3.05, 3.63) is 41.7 Å². The molecule has 4 N–H and O–H groups in total. The topological polar surface area (TPSA) is 120 Å². The van der Waals surface area contributed by atoms with Crippen molar-refractivity contribution in [3.8, 4) is 17.2 Å². The summed E-state index contributed by atoms with van der Waals surface area (Å²) in [7, 11) is 1.47. The Morgan fingerprint density at radius 1 is 1.31 bits per heavy atom. The molecule has 2 aromatic carbocycles. The van der Waals surface area contributed by atoms with Gasteiger partial charge >= 0.3 is 0 Å². The lowest BCUT2D eigenvalue weighted by Crippen LogP contribution is -2.20. The molecule has 0 unspecified atom stereocenters. The zero-order valence-electron chi connectivity index (χ0n) is 13.7. The molecule has 0 aliphatic carbocycles. The average Bonchev–Trinajstić information content (AvgIpc) is 2.63. The fourth-order valence-electron chi connectivity index (χ4n) is 2.33. The largest absolute Gasteiger partial charge is 0.506 e. The number of amides is 1. The summed E-state index contributed by atoms with van der Waals surface area (Å²) in [5.74, 6) is 0.533. The zero-order chi connectivity index (χ0) is 18.7. The lowest BCUT2D eigenvalue weighted by molar-refractivity contribution is -0.119. The minimum atomic E-state index is -0.601. The van der Waals surface area contributed by atoms with Gasteiger partial charge in [-0.15, -0.1) is 0 Å². The van der Waals surface area contributed by atoms with Crippen LogP contribution in [0.1, 0.15) is 0 Å². The molecule has 9 heteroatoms. The van der Waals surface area contributed by atoms with Gasteiger partial charge in [-0.1, -0.05) is 17.7 Å². The fourth-order valence-corrected chi connectivity index (χ4v) is 2.50. The lowest BCUT2D eigenvalue weighted by atomic mass is 10.2. The predicted octanol–water partition coefficient (Wildman–Crippen LogP) is 2.61. The van der Waals surface area contributed by atoms with E-state index in [2.05, 4.69) is 15.3 Å². The number of nitrogens with zero attached hydrogens (tertiary/aromatic N) is 2. The van der Waals surface area contributed by atoms with E-state index in [4.69, 9.17) is 26.8 Å². The van der Waals surface area contributed by atoms with E-state index < -0.39 is 5.91 Å². The summed E-state index contributed by atoms with van der Waals surface area (Å²) in [5.41, 5.74) is 6.15. The van der Waals surface area contributed by atoms with Crippen LogP contribution >= 0.6 is 11.6 Å². The number of halogens is 1. The first-order valence-corrected chi connectivity index (χ1v) is 7.85. The minimum Gasteiger partial charge on any atom is -0.506 e. The van der Waals surface area contributed by atoms with E-state index in [0.29, 0.717) is 33.9 Å². The molecule has 0 aliphatic heterocycles. The number of phenols is 1. The highest BCUT2D eigenvalue weighted by molar-refractivity contribution is 6.34. The highest BCUT2D eigenvalue weighted by Gasteiger charge is 2.14. The lowest BCUT2D eigenvalue weighted by Gasteiger charge is -2.14. The monoisotopic (exact) mass is 374 g/mol. The molecule has 1 amide bonds. The number of aromatic nitrogens is 2. The molecule has 0 aliphatic rings. The minimum absolute atomic E-state index is 0.0465. The normalized spacial score (nSPS) is 10.5. The summed E-state index contributed by atoms with van der Waals surface area (Å²) in [4.78, 5) is 19.4. The molecular weight excluding hydrogens is 360 g/mol. The molecule has 0 saturated heterocycles. The van der Waals surface area contributed by atoms with Crippen LogP contribution in [-0.4, -0.2) is 34.7 Å². The number of benzene rings is 2. The van der Waals surface area contributed by atoms with Crippen molar-refractivity contribution in [2.45, 2.75) is 0 Å². The molecule has 0 atom stereocenters. The van der Waals surface area contributed by atoms with Crippen LogP contribution in [-0.2, 0) is 4.79 Å². The maximum atomic E-state index is 10.9. The Balaban J connectivity index is 2.04. The van der Waals surface area contributed by atoms with Gasteiger partial charge in [0.25, 0.3) is 5.91 Å². The molecule has 134 valence electrons. The van der Waals surface area contributed by atoms with Crippen LogP contribution in [0.5, 0.6) is 17.2 Å². The maximum absolute atomic E-state index is 10.9. The molecule has 0 fully saturated rings. The first-order valence-electron chi connectivity index (χ1n) is 7.48. The third-order valence-electron chi connectivity index (χ3n) is 3.52. The van der Waals surface area contributed by atoms with Crippen molar-refractivity contribution in [1.82, 2.24) is 9.97 Å². The van der Waals surface area contributed by atoms with Gasteiger partial charge in [-0.25, -0.2) is 9.97 Å². The van der Waals surface area contributed by atoms with E-state index in [9.17, 15) is 9.90 Å². The van der Waals surface area contributed by atoms with Gasteiger partial charge in [-0.05, 0) is 18.2 Å². The van der Waals surface area contributed by atoms with Crippen LogP contribution in [0, 0.1) is 0 Å². The number of rotatable bonds is 6. The Kier molecular flexibility index (Phi) is 4.94. The number of fused-ring (bicyclic) bond motifs is 1. The van der Waals surface area contributed by atoms with Gasteiger partial charge in [0.05, 0.1) is 18.3 Å². The Bertz CT molecular complexity index is 980. The predicted molar refractivity (Wildman–Crippen MR) is 97.2 cm³/mol. The summed E-state index contributed by atoms with van der Waals surface area (Å²) < 4.78 is 10.7. The second-order valence-corrected chi connectivity index (χ2v) is 5.64. The Hall–Kier alpha value is -3.26. The first kappa shape index (κ1) is 17.6. The van der Waals surface area contributed by atoms with E-state index in [1.807, 2.05) is 0 Å². The molecule has 8 nitrogen and oxygen atoms in total. The van der Waals surface area contributed by atoms with Crippen molar-refractivity contribution in [1.29, 1.82) is 0 Å². The van der Waals surface area contributed by atoms with Crippen LogP contribution in [0.25, 0.3) is 10.9 Å². The van der Waals surface area contributed by atoms with E-state index >= 15 is 0 Å². The number of hydrogen-bond donors (Lipinski definition) is 3. The van der Waals surface area contributed by atoms with Gasteiger partial charge in [0.2, 0.25) is 0 Å². The SMILES string of the molecule is COc1cc2c(Nc3cccc(O)c3Cl)ncnc2cc1OCC(N)=O. The van der Waals surface area contributed by atoms with Crippen molar-refractivity contribution in [3.63, 3.8) is 0 Å². The highest BCUT2D eigenvalue weighted by Crippen LogP contribution is 2.37. The van der Waals surface area contributed by atoms with Gasteiger partial charge in [-0.2, -0.15) is 0 Å². The summed E-state index contributed by atoms with van der Waals surface area (Å²) in [6.45, 7) is -0.281. The molecular formula is C17H15ClN4O4.